The van der Waals surface area contributed by atoms with E-state index in [1.165, 1.54) is 97.0 Å². The lowest BCUT2D eigenvalue weighted by Crippen LogP contribution is -2.30. The summed E-state index contributed by atoms with van der Waals surface area (Å²) in [6.45, 7) is 2.27. The summed E-state index contributed by atoms with van der Waals surface area (Å²) in [5.74, 6) is -0.553. The molecule has 0 aromatic carbocycles. The van der Waals surface area contributed by atoms with E-state index in [4.69, 9.17) is 0 Å². The maximum Gasteiger partial charge on any atom is 0.335 e. The molecule has 3 nitrogen and oxygen atoms in total. The molecular formula is C21H41BrO3. The van der Waals surface area contributed by atoms with E-state index in [0.29, 0.717) is 0 Å². The number of hydrogen-bond donors (Lipinski definition) is 1. The van der Waals surface area contributed by atoms with Crippen molar-refractivity contribution in [2.75, 3.05) is 7.11 Å². The molecule has 4 heteroatoms. The number of aliphatic hydroxyl groups excluding tert-OH is 1. The molecule has 150 valence electrons. The number of rotatable bonds is 18. The molecule has 0 amide bonds. The lowest BCUT2D eigenvalue weighted by atomic mass is 10.0. The quantitative estimate of drug-likeness (QED) is 0.155. The molecule has 0 heterocycles. The average Bonchev–Trinajstić information content (AvgIpc) is 2.63. The Hall–Kier alpha value is -0.0900. The zero-order chi connectivity index (χ0) is 18.8. The normalized spacial score (nSPS) is 13.6. The number of unbranched alkanes of at least 4 members (excludes halogenated alkanes) is 14. The van der Waals surface area contributed by atoms with E-state index >= 15 is 0 Å². The minimum absolute atomic E-state index is 0.193. The molecule has 0 aliphatic rings. The van der Waals surface area contributed by atoms with Gasteiger partial charge in [-0.1, -0.05) is 119 Å². The van der Waals surface area contributed by atoms with Gasteiger partial charge in [-0.15, -0.1) is 0 Å². The second-order valence-corrected chi connectivity index (χ2v) is 8.40. The predicted molar refractivity (Wildman–Crippen MR) is 110 cm³/mol. The molecule has 0 rings (SSSR count). The van der Waals surface area contributed by atoms with Gasteiger partial charge in [0.25, 0.3) is 0 Å². The number of hydrogen-bond acceptors (Lipinski definition) is 3. The van der Waals surface area contributed by atoms with E-state index in [0.717, 1.165) is 12.8 Å². The van der Waals surface area contributed by atoms with Gasteiger partial charge in [-0.25, -0.2) is 4.79 Å². The molecule has 1 N–H and O–H groups in total. The summed E-state index contributed by atoms with van der Waals surface area (Å²) in [6, 6.07) is 0. The Bertz CT molecular complexity index is 297. The van der Waals surface area contributed by atoms with Crippen LogP contribution in [0.5, 0.6) is 0 Å². The van der Waals surface area contributed by atoms with Crippen LogP contribution >= 0.6 is 15.9 Å². The highest BCUT2D eigenvalue weighted by Crippen LogP contribution is 2.18. The van der Waals surface area contributed by atoms with Gasteiger partial charge in [-0.3, -0.25) is 0 Å². The summed E-state index contributed by atoms with van der Waals surface area (Å²) in [5, 5.41) is 9.68. The Morgan fingerprint density at radius 2 is 1.16 bits per heavy atom. The SMILES string of the molecule is CCCCCCCCCCCCCCCCC[C@@H](Br)[C@@H](O)C(=O)OC. The lowest BCUT2D eigenvalue weighted by Gasteiger charge is -2.14. The lowest BCUT2D eigenvalue weighted by molar-refractivity contribution is -0.150. The molecule has 0 radical (unpaired) electrons. The van der Waals surface area contributed by atoms with Gasteiger partial charge in [0, 0.05) is 0 Å². The number of carbonyl (C=O) groups is 1. The molecule has 2 atom stereocenters. The van der Waals surface area contributed by atoms with Crippen LogP contribution in [0.15, 0.2) is 0 Å². The van der Waals surface area contributed by atoms with Gasteiger partial charge in [-0.2, -0.15) is 0 Å². The number of esters is 1. The monoisotopic (exact) mass is 420 g/mol. The molecule has 0 bridgehead atoms. The van der Waals surface area contributed by atoms with Crippen LogP contribution in [-0.4, -0.2) is 29.1 Å². The Balaban J connectivity index is 3.22. The third-order valence-corrected chi connectivity index (χ3v) is 5.83. The van der Waals surface area contributed by atoms with Crippen LogP contribution in [0.25, 0.3) is 0 Å². The smallest absolute Gasteiger partial charge is 0.335 e. The number of carbonyl (C=O) groups excluding carboxylic acids is 1. The molecule has 0 unspecified atom stereocenters. The van der Waals surface area contributed by atoms with E-state index in [1.54, 1.807) is 0 Å². The third-order valence-electron chi connectivity index (χ3n) is 4.87. The van der Waals surface area contributed by atoms with Gasteiger partial charge in [0.2, 0.25) is 0 Å². The van der Waals surface area contributed by atoms with Crippen LogP contribution in [-0.2, 0) is 9.53 Å². The van der Waals surface area contributed by atoms with Gasteiger partial charge in [-0.05, 0) is 6.42 Å². The van der Waals surface area contributed by atoms with Crippen molar-refractivity contribution < 1.29 is 14.6 Å². The Morgan fingerprint density at radius 1 is 0.800 bits per heavy atom. The Labute approximate surface area is 164 Å². The third kappa shape index (κ3) is 15.9. The van der Waals surface area contributed by atoms with Crippen LogP contribution in [0, 0.1) is 0 Å². The van der Waals surface area contributed by atoms with Crippen molar-refractivity contribution in [3.05, 3.63) is 0 Å². The van der Waals surface area contributed by atoms with Gasteiger partial charge in [0.15, 0.2) is 6.10 Å². The molecule has 0 aromatic heterocycles. The van der Waals surface area contributed by atoms with Crippen molar-refractivity contribution in [2.24, 2.45) is 0 Å². The predicted octanol–water partition coefficient (Wildman–Crippen LogP) is 6.55. The van der Waals surface area contributed by atoms with Gasteiger partial charge < -0.3 is 9.84 Å². The van der Waals surface area contributed by atoms with Crippen LogP contribution in [0.3, 0.4) is 0 Å². The van der Waals surface area contributed by atoms with Crippen molar-refractivity contribution in [1.82, 2.24) is 0 Å². The Morgan fingerprint density at radius 3 is 1.52 bits per heavy atom. The van der Waals surface area contributed by atoms with E-state index in [1.807, 2.05) is 0 Å². The summed E-state index contributed by atoms with van der Waals surface area (Å²) in [6.07, 6.45) is 19.9. The van der Waals surface area contributed by atoms with E-state index in [-0.39, 0.29) is 4.83 Å². The minimum atomic E-state index is -1.04. The fourth-order valence-electron chi connectivity index (χ4n) is 3.14. The standard InChI is InChI=1S/C21H41BrO3/c1-3-4-5-6-7-8-9-10-11-12-13-14-15-16-17-18-19(22)20(23)21(24)25-2/h19-20,23H,3-18H2,1-2H3/t19-,20-/m1/s1. The summed E-state index contributed by atoms with van der Waals surface area (Å²) >= 11 is 3.38. The van der Waals surface area contributed by atoms with E-state index < -0.39 is 12.1 Å². The van der Waals surface area contributed by atoms with Crippen molar-refractivity contribution in [1.29, 1.82) is 0 Å². The van der Waals surface area contributed by atoms with Crippen LogP contribution in [0.2, 0.25) is 0 Å². The van der Waals surface area contributed by atoms with Crippen molar-refractivity contribution in [2.45, 2.75) is 121 Å². The largest absolute Gasteiger partial charge is 0.467 e. The number of alkyl halides is 1. The molecule has 25 heavy (non-hydrogen) atoms. The van der Waals surface area contributed by atoms with Crippen molar-refractivity contribution in [3.63, 3.8) is 0 Å². The minimum Gasteiger partial charge on any atom is -0.467 e. The summed E-state index contributed by atoms with van der Waals surface area (Å²) in [7, 11) is 1.30. The summed E-state index contributed by atoms with van der Waals surface area (Å²) < 4.78 is 4.54. The molecule has 0 aromatic rings. The Kier molecular flexibility index (Phi) is 18.6. The topological polar surface area (TPSA) is 46.5 Å². The maximum atomic E-state index is 11.2. The van der Waals surface area contributed by atoms with Crippen LogP contribution in [0.1, 0.15) is 110 Å². The molecule has 0 spiro atoms. The molecular weight excluding hydrogens is 380 g/mol. The molecule has 0 aliphatic carbocycles. The fourth-order valence-corrected chi connectivity index (χ4v) is 3.68. The van der Waals surface area contributed by atoms with E-state index in [2.05, 4.69) is 27.6 Å². The first-order valence-corrected chi connectivity index (χ1v) is 11.4. The first kappa shape index (κ1) is 24.9. The summed E-state index contributed by atoms with van der Waals surface area (Å²) in [4.78, 5) is 11.0. The molecule has 0 aliphatic heterocycles. The highest BCUT2D eigenvalue weighted by molar-refractivity contribution is 9.09. The first-order valence-electron chi connectivity index (χ1n) is 10.5. The molecule has 0 saturated heterocycles. The van der Waals surface area contributed by atoms with Crippen molar-refractivity contribution >= 4 is 21.9 Å². The number of ether oxygens (including phenoxy) is 1. The van der Waals surface area contributed by atoms with Gasteiger partial charge in [0.05, 0.1) is 11.9 Å². The second kappa shape index (κ2) is 18.7. The second-order valence-electron chi connectivity index (χ2n) is 7.22. The maximum absolute atomic E-state index is 11.2. The van der Waals surface area contributed by atoms with Gasteiger partial charge >= 0.3 is 5.97 Å². The molecule has 0 saturated carbocycles. The van der Waals surface area contributed by atoms with E-state index in [9.17, 15) is 9.90 Å². The number of methoxy groups -OCH3 is 1. The molecule has 0 fully saturated rings. The zero-order valence-corrected chi connectivity index (χ0v) is 18.2. The fraction of sp³-hybridized carbons (Fsp3) is 0.952. The highest BCUT2D eigenvalue weighted by Gasteiger charge is 2.23. The average molecular weight is 421 g/mol. The zero-order valence-electron chi connectivity index (χ0n) is 16.6. The van der Waals surface area contributed by atoms with Crippen molar-refractivity contribution in [3.8, 4) is 0 Å². The summed E-state index contributed by atoms with van der Waals surface area (Å²) in [5.41, 5.74) is 0. The van der Waals surface area contributed by atoms with Crippen LogP contribution < -0.4 is 0 Å². The highest BCUT2D eigenvalue weighted by atomic mass is 79.9. The first-order chi connectivity index (χ1) is 12.1. The number of halogens is 1. The van der Waals surface area contributed by atoms with Gasteiger partial charge in [0.1, 0.15) is 0 Å². The van der Waals surface area contributed by atoms with Crippen LogP contribution in [0.4, 0.5) is 0 Å². The number of aliphatic hydroxyl groups is 1.